The molecule has 0 bridgehead atoms. The van der Waals surface area contributed by atoms with Crippen LogP contribution in [0, 0.1) is 11.8 Å². The van der Waals surface area contributed by atoms with Crippen molar-refractivity contribution in [2.75, 3.05) is 11.9 Å². The summed E-state index contributed by atoms with van der Waals surface area (Å²) in [7, 11) is 0. The van der Waals surface area contributed by atoms with Crippen LogP contribution in [0.2, 0.25) is 0 Å². The summed E-state index contributed by atoms with van der Waals surface area (Å²) in [5.74, 6) is 1.53. The maximum atomic E-state index is 12.2. The van der Waals surface area contributed by atoms with Gasteiger partial charge in [0.25, 0.3) is 5.91 Å². The molecule has 1 aliphatic carbocycles. The molecule has 1 aliphatic rings. The van der Waals surface area contributed by atoms with Crippen LogP contribution in [-0.4, -0.2) is 18.5 Å². The molecule has 3 unspecified atom stereocenters. The zero-order valence-electron chi connectivity index (χ0n) is 12.8. The van der Waals surface area contributed by atoms with Gasteiger partial charge in [-0.15, -0.1) is 0 Å². The minimum absolute atomic E-state index is 0.0554. The third-order valence-electron chi connectivity index (χ3n) is 4.46. The van der Waals surface area contributed by atoms with Crippen LogP contribution in [0.15, 0.2) is 24.3 Å². The predicted molar refractivity (Wildman–Crippen MR) is 84.0 cm³/mol. The SMILES string of the molecule is CCNc1ccc(C(=O)NC2CCC(C)C(C)C2)cc1. The average molecular weight is 274 g/mol. The molecule has 0 radical (unpaired) electrons. The minimum atomic E-state index is 0.0554. The molecule has 0 spiro atoms. The summed E-state index contributed by atoms with van der Waals surface area (Å²) in [6.07, 6.45) is 3.42. The largest absolute Gasteiger partial charge is 0.385 e. The van der Waals surface area contributed by atoms with Gasteiger partial charge in [0.2, 0.25) is 0 Å². The van der Waals surface area contributed by atoms with E-state index in [1.807, 2.05) is 24.3 Å². The Morgan fingerprint density at radius 1 is 1.15 bits per heavy atom. The monoisotopic (exact) mass is 274 g/mol. The fourth-order valence-corrected chi connectivity index (χ4v) is 2.89. The molecule has 0 aliphatic heterocycles. The van der Waals surface area contributed by atoms with Crippen LogP contribution in [-0.2, 0) is 0 Å². The fourth-order valence-electron chi connectivity index (χ4n) is 2.89. The Kier molecular flexibility index (Phi) is 5.05. The molecular weight excluding hydrogens is 248 g/mol. The zero-order valence-corrected chi connectivity index (χ0v) is 12.8. The van der Waals surface area contributed by atoms with E-state index in [0.717, 1.165) is 36.6 Å². The second-order valence-electron chi connectivity index (χ2n) is 6.05. The first-order valence-corrected chi connectivity index (χ1v) is 7.75. The van der Waals surface area contributed by atoms with Crippen molar-refractivity contribution >= 4 is 11.6 Å². The molecule has 1 aromatic rings. The van der Waals surface area contributed by atoms with Crippen LogP contribution >= 0.6 is 0 Å². The van der Waals surface area contributed by atoms with Gasteiger partial charge in [-0.1, -0.05) is 13.8 Å². The molecule has 2 rings (SSSR count). The van der Waals surface area contributed by atoms with Crippen molar-refractivity contribution in [2.45, 2.75) is 46.1 Å². The lowest BCUT2D eigenvalue weighted by atomic mass is 9.79. The second-order valence-corrected chi connectivity index (χ2v) is 6.05. The molecule has 3 atom stereocenters. The van der Waals surface area contributed by atoms with Gasteiger partial charge in [-0.2, -0.15) is 0 Å². The zero-order chi connectivity index (χ0) is 14.5. The van der Waals surface area contributed by atoms with Crippen molar-refractivity contribution in [3.05, 3.63) is 29.8 Å². The number of hydrogen-bond acceptors (Lipinski definition) is 2. The highest BCUT2D eigenvalue weighted by molar-refractivity contribution is 5.94. The van der Waals surface area contributed by atoms with Gasteiger partial charge in [-0.05, 0) is 62.3 Å². The van der Waals surface area contributed by atoms with Gasteiger partial charge in [-0.3, -0.25) is 4.79 Å². The van der Waals surface area contributed by atoms with Crippen molar-refractivity contribution in [1.29, 1.82) is 0 Å². The number of carbonyl (C=O) groups is 1. The number of anilines is 1. The Labute approximate surface area is 122 Å². The average Bonchev–Trinajstić information content (AvgIpc) is 2.44. The van der Waals surface area contributed by atoms with E-state index in [4.69, 9.17) is 0 Å². The van der Waals surface area contributed by atoms with Crippen LogP contribution in [0.5, 0.6) is 0 Å². The molecule has 1 amide bonds. The first kappa shape index (κ1) is 14.9. The van der Waals surface area contributed by atoms with E-state index < -0.39 is 0 Å². The van der Waals surface area contributed by atoms with Gasteiger partial charge in [0.15, 0.2) is 0 Å². The van der Waals surface area contributed by atoms with E-state index in [1.165, 1.54) is 6.42 Å². The molecule has 2 N–H and O–H groups in total. The van der Waals surface area contributed by atoms with Crippen LogP contribution in [0.1, 0.15) is 50.4 Å². The van der Waals surface area contributed by atoms with Crippen molar-refractivity contribution in [3.8, 4) is 0 Å². The summed E-state index contributed by atoms with van der Waals surface area (Å²) >= 11 is 0. The lowest BCUT2D eigenvalue weighted by Crippen LogP contribution is -2.39. The van der Waals surface area contributed by atoms with E-state index in [9.17, 15) is 4.79 Å². The van der Waals surface area contributed by atoms with Gasteiger partial charge < -0.3 is 10.6 Å². The van der Waals surface area contributed by atoms with E-state index in [0.29, 0.717) is 12.0 Å². The normalized spacial score (nSPS) is 26.1. The van der Waals surface area contributed by atoms with Crippen LogP contribution in [0.4, 0.5) is 5.69 Å². The molecule has 0 aromatic heterocycles. The Morgan fingerprint density at radius 2 is 1.85 bits per heavy atom. The molecular formula is C17H26N2O. The molecule has 1 aromatic carbocycles. The van der Waals surface area contributed by atoms with Crippen molar-refractivity contribution in [3.63, 3.8) is 0 Å². The molecule has 0 saturated heterocycles. The number of amides is 1. The minimum Gasteiger partial charge on any atom is -0.385 e. The standard InChI is InChI=1S/C17H26N2O/c1-4-18-15-9-6-14(7-10-15)17(20)19-16-8-5-12(2)13(3)11-16/h6-7,9-10,12-13,16,18H,4-5,8,11H2,1-3H3,(H,19,20). The molecule has 1 saturated carbocycles. The van der Waals surface area contributed by atoms with Gasteiger partial charge in [-0.25, -0.2) is 0 Å². The summed E-state index contributed by atoms with van der Waals surface area (Å²) in [4.78, 5) is 12.2. The topological polar surface area (TPSA) is 41.1 Å². The highest BCUT2D eigenvalue weighted by atomic mass is 16.1. The third kappa shape index (κ3) is 3.75. The number of hydrogen-bond donors (Lipinski definition) is 2. The predicted octanol–water partition coefficient (Wildman–Crippen LogP) is 3.67. The van der Waals surface area contributed by atoms with Gasteiger partial charge in [0.05, 0.1) is 0 Å². The van der Waals surface area contributed by atoms with E-state index >= 15 is 0 Å². The van der Waals surface area contributed by atoms with Crippen molar-refractivity contribution in [1.82, 2.24) is 5.32 Å². The number of benzene rings is 1. The summed E-state index contributed by atoms with van der Waals surface area (Å²) in [6, 6.07) is 8.04. The van der Waals surface area contributed by atoms with Gasteiger partial charge in [0, 0.05) is 23.8 Å². The lowest BCUT2D eigenvalue weighted by molar-refractivity contribution is 0.0910. The molecule has 0 heterocycles. The van der Waals surface area contributed by atoms with E-state index in [2.05, 4.69) is 31.4 Å². The Bertz CT molecular complexity index is 441. The molecule has 110 valence electrons. The first-order chi connectivity index (χ1) is 9.60. The number of nitrogens with one attached hydrogen (secondary N) is 2. The first-order valence-electron chi connectivity index (χ1n) is 7.75. The Hall–Kier alpha value is -1.51. The van der Waals surface area contributed by atoms with Crippen LogP contribution in [0.3, 0.4) is 0 Å². The molecule has 20 heavy (non-hydrogen) atoms. The van der Waals surface area contributed by atoms with Crippen LogP contribution < -0.4 is 10.6 Å². The van der Waals surface area contributed by atoms with E-state index in [-0.39, 0.29) is 5.91 Å². The summed E-state index contributed by atoms with van der Waals surface area (Å²) in [5.41, 5.74) is 1.81. The van der Waals surface area contributed by atoms with Crippen molar-refractivity contribution < 1.29 is 4.79 Å². The smallest absolute Gasteiger partial charge is 0.251 e. The Morgan fingerprint density at radius 3 is 2.45 bits per heavy atom. The highest BCUT2D eigenvalue weighted by Gasteiger charge is 2.25. The van der Waals surface area contributed by atoms with Gasteiger partial charge >= 0.3 is 0 Å². The summed E-state index contributed by atoms with van der Waals surface area (Å²) in [5, 5.41) is 6.41. The van der Waals surface area contributed by atoms with Crippen LogP contribution in [0.25, 0.3) is 0 Å². The summed E-state index contributed by atoms with van der Waals surface area (Å²) in [6.45, 7) is 7.55. The molecule has 3 nitrogen and oxygen atoms in total. The third-order valence-corrected chi connectivity index (χ3v) is 4.46. The van der Waals surface area contributed by atoms with Gasteiger partial charge in [0.1, 0.15) is 0 Å². The Balaban J connectivity index is 1.91. The summed E-state index contributed by atoms with van der Waals surface area (Å²) < 4.78 is 0. The second kappa shape index (κ2) is 6.78. The number of carbonyl (C=O) groups excluding carboxylic acids is 1. The maximum Gasteiger partial charge on any atom is 0.251 e. The fraction of sp³-hybridized carbons (Fsp3) is 0.588. The molecule has 3 heteroatoms. The van der Waals surface area contributed by atoms with Crippen molar-refractivity contribution in [2.24, 2.45) is 11.8 Å². The molecule has 1 fully saturated rings. The van der Waals surface area contributed by atoms with E-state index in [1.54, 1.807) is 0 Å². The lowest BCUT2D eigenvalue weighted by Gasteiger charge is -2.32. The maximum absolute atomic E-state index is 12.2. The number of rotatable bonds is 4. The quantitative estimate of drug-likeness (QED) is 0.879. The highest BCUT2D eigenvalue weighted by Crippen LogP contribution is 2.29.